The summed E-state index contributed by atoms with van der Waals surface area (Å²) in [6.07, 6.45) is 3.07. The Morgan fingerprint density at radius 2 is 1.85 bits per heavy atom. The van der Waals surface area contributed by atoms with Crippen molar-refractivity contribution in [2.24, 2.45) is 0 Å². The number of nitrogen functional groups attached to an aromatic ring is 1. The molecule has 0 aliphatic carbocycles. The number of hydrogen-bond donors (Lipinski definition) is 2. The van der Waals surface area contributed by atoms with Gasteiger partial charge in [0, 0.05) is 17.6 Å². The van der Waals surface area contributed by atoms with Crippen LogP contribution in [0, 0.1) is 6.92 Å². The molecule has 34 heavy (non-hydrogen) atoms. The first-order chi connectivity index (χ1) is 16.6. The van der Waals surface area contributed by atoms with Crippen LogP contribution >= 0.6 is 0 Å². The summed E-state index contributed by atoms with van der Waals surface area (Å²) >= 11 is 0. The van der Waals surface area contributed by atoms with Crippen LogP contribution in [0.3, 0.4) is 0 Å². The first-order valence-corrected chi connectivity index (χ1v) is 10.8. The van der Waals surface area contributed by atoms with Gasteiger partial charge in [-0.05, 0) is 42.1 Å². The van der Waals surface area contributed by atoms with E-state index in [1.807, 2.05) is 67.6 Å². The highest BCUT2D eigenvalue weighted by molar-refractivity contribution is 5.97. The standard InChI is InChI=1S/C25H20N8O/c1-15-6-5-7-16-12-18(33(25(34)20(15)16)17-8-3-2-4-9-17)13-32-24-21(23(26)27-14-28-24)22(31-32)19-10-11-29-30-19/h2-12,14H,13H2,1H3,(H,29,30)(H2,26,27,28). The highest BCUT2D eigenvalue weighted by atomic mass is 16.1. The fourth-order valence-corrected chi connectivity index (χ4v) is 4.44. The molecule has 0 saturated carbocycles. The SMILES string of the molecule is Cc1cccc2cc(Cn3nc(-c4ccn[nH]4)c4c(N)ncnc43)n(-c3ccccc3)c(=O)c12. The minimum absolute atomic E-state index is 0.0730. The van der Waals surface area contributed by atoms with Crippen LogP contribution in [-0.4, -0.2) is 34.5 Å². The van der Waals surface area contributed by atoms with Crippen molar-refractivity contribution < 1.29 is 0 Å². The van der Waals surface area contributed by atoms with E-state index in [2.05, 4.69) is 20.2 Å². The Balaban J connectivity index is 1.62. The van der Waals surface area contributed by atoms with Crippen LogP contribution in [-0.2, 0) is 6.54 Å². The van der Waals surface area contributed by atoms with E-state index in [1.54, 1.807) is 15.4 Å². The smallest absolute Gasteiger partial charge is 0.263 e. The second-order valence-corrected chi connectivity index (χ2v) is 8.09. The lowest BCUT2D eigenvalue weighted by Crippen LogP contribution is -2.24. The summed E-state index contributed by atoms with van der Waals surface area (Å²) in [5, 5.41) is 14.0. The lowest BCUT2D eigenvalue weighted by molar-refractivity contribution is 0.672. The van der Waals surface area contributed by atoms with E-state index in [0.29, 0.717) is 40.2 Å². The molecule has 4 heterocycles. The average Bonchev–Trinajstić information content (AvgIpc) is 3.49. The highest BCUT2D eigenvalue weighted by Gasteiger charge is 2.20. The topological polar surface area (TPSA) is 120 Å². The number of anilines is 1. The van der Waals surface area contributed by atoms with E-state index in [9.17, 15) is 4.79 Å². The Morgan fingerprint density at radius 3 is 2.65 bits per heavy atom. The lowest BCUT2D eigenvalue weighted by atomic mass is 10.1. The molecular weight excluding hydrogens is 428 g/mol. The van der Waals surface area contributed by atoms with Gasteiger partial charge in [-0.15, -0.1) is 0 Å². The van der Waals surface area contributed by atoms with Gasteiger partial charge in [-0.25, -0.2) is 14.6 Å². The monoisotopic (exact) mass is 448 g/mol. The van der Waals surface area contributed by atoms with E-state index in [1.165, 1.54) is 6.33 Å². The van der Waals surface area contributed by atoms with Crippen molar-refractivity contribution in [3.63, 3.8) is 0 Å². The number of rotatable bonds is 4. The maximum atomic E-state index is 13.7. The maximum Gasteiger partial charge on any atom is 0.263 e. The molecule has 0 atom stereocenters. The van der Waals surface area contributed by atoms with Gasteiger partial charge in [0.05, 0.1) is 23.0 Å². The molecule has 0 spiro atoms. The van der Waals surface area contributed by atoms with Gasteiger partial charge in [-0.3, -0.25) is 14.5 Å². The number of pyridine rings is 1. The van der Waals surface area contributed by atoms with Crippen LogP contribution in [0.15, 0.2) is 78.0 Å². The van der Waals surface area contributed by atoms with E-state index in [0.717, 1.165) is 22.3 Å². The third-order valence-electron chi connectivity index (χ3n) is 5.97. The number of benzene rings is 2. The van der Waals surface area contributed by atoms with Crippen LogP contribution in [0.25, 0.3) is 38.9 Å². The van der Waals surface area contributed by atoms with Crippen molar-refractivity contribution >= 4 is 27.6 Å². The molecular formula is C25H20N8O. The normalized spacial score (nSPS) is 11.4. The second-order valence-electron chi connectivity index (χ2n) is 8.09. The Hall–Kier alpha value is -4.79. The van der Waals surface area contributed by atoms with Gasteiger partial charge in [0.2, 0.25) is 0 Å². The molecule has 0 fully saturated rings. The quantitative estimate of drug-likeness (QED) is 0.426. The zero-order valence-corrected chi connectivity index (χ0v) is 18.3. The van der Waals surface area contributed by atoms with Gasteiger partial charge in [-0.1, -0.05) is 36.4 Å². The van der Waals surface area contributed by atoms with Crippen LogP contribution in [0.4, 0.5) is 5.82 Å². The van der Waals surface area contributed by atoms with Crippen molar-refractivity contribution in [3.8, 4) is 17.1 Å². The summed E-state index contributed by atoms with van der Waals surface area (Å²) in [6, 6.07) is 19.3. The minimum atomic E-state index is -0.0730. The molecule has 0 amide bonds. The van der Waals surface area contributed by atoms with Gasteiger partial charge in [-0.2, -0.15) is 10.2 Å². The molecule has 0 aliphatic rings. The molecule has 166 valence electrons. The van der Waals surface area contributed by atoms with Crippen LogP contribution in [0.5, 0.6) is 0 Å². The lowest BCUT2D eigenvalue weighted by Gasteiger charge is -2.16. The molecule has 3 N–H and O–H groups in total. The summed E-state index contributed by atoms with van der Waals surface area (Å²) in [5.41, 5.74) is 10.5. The molecule has 0 unspecified atom stereocenters. The molecule has 9 nitrogen and oxygen atoms in total. The van der Waals surface area contributed by atoms with Gasteiger partial charge >= 0.3 is 0 Å². The average molecular weight is 448 g/mol. The van der Waals surface area contributed by atoms with E-state index < -0.39 is 0 Å². The maximum absolute atomic E-state index is 13.7. The van der Waals surface area contributed by atoms with Crippen LogP contribution in [0.2, 0.25) is 0 Å². The van der Waals surface area contributed by atoms with Crippen molar-refractivity contribution in [1.29, 1.82) is 0 Å². The molecule has 6 aromatic rings. The van der Waals surface area contributed by atoms with Gasteiger partial charge in [0.25, 0.3) is 5.56 Å². The number of H-pyrrole nitrogens is 1. The third-order valence-corrected chi connectivity index (χ3v) is 5.97. The fraction of sp³-hybridized carbons (Fsp3) is 0.0800. The minimum Gasteiger partial charge on any atom is -0.383 e. The Labute approximate surface area is 193 Å². The van der Waals surface area contributed by atoms with Crippen molar-refractivity contribution in [3.05, 3.63) is 94.8 Å². The predicted molar refractivity (Wildman–Crippen MR) is 131 cm³/mol. The van der Waals surface area contributed by atoms with E-state index >= 15 is 0 Å². The van der Waals surface area contributed by atoms with Crippen LogP contribution < -0.4 is 11.3 Å². The number of nitrogens with zero attached hydrogens (tertiary/aromatic N) is 6. The summed E-state index contributed by atoms with van der Waals surface area (Å²) in [5.74, 6) is 0.329. The number of nitrogens with two attached hydrogens (primary N) is 1. The van der Waals surface area contributed by atoms with Crippen molar-refractivity contribution in [2.45, 2.75) is 13.5 Å². The van der Waals surface area contributed by atoms with Gasteiger partial charge in [0.15, 0.2) is 5.65 Å². The summed E-state index contributed by atoms with van der Waals surface area (Å²) in [7, 11) is 0. The zero-order chi connectivity index (χ0) is 23.2. The number of aromatic amines is 1. The van der Waals surface area contributed by atoms with Crippen LogP contribution in [0.1, 0.15) is 11.3 Å². The van der Waals surface area contributed by atoms with E-state index in [-0.39, 0.29) is 5.56 Å². The van der Waals surface area contributed by atoms with Crippen molar-refractivity contribution in [2.75, 3.05) is 5.73 Å². The number of nitrogens with one attached hydrogen (secondary N) is 1. The first-order valence-electron chi connectivity index (χ1n) is 10.8. The molecule has 4 aromatic heterocycles. The summed E-state index contributed by atoms with van der Waals surface area (Å²) in [6.45, 7) is 2.26. The number of aryl methyl sites for hydroxylation is 1. The Bertz CT molecular complexity index is 1720. The van der Waals surface area contributed by atoms with E-state index in [4.69, 9.17) is 10.8 Å². The third kappa shape index (κ3) is 3.06. The molecule has 2 aromatic carbocycles. The summed E-state index contributed by atoms with van der Waals surface area (Å²) in [4.78, 5) is 22.4. The van der Waals surface area contributed by atoms with Crippen molar-refractivity contribution in [1.82, 2.24) is 34.5 Å². The first kappa shape index (κ1) is 19.9. The number of para-hydroxylation sites is 1. The zero-order valence-electron chi connectivity index (χ0n) is 18.3. The van der Waals surface area contributed by atoms with Gasteiger partial charge < -0.3 is 5.73 Å². The summed E-state index contributed by atoms with van der Waals surface area (Å²) < 4.78 is 3.49. The van der Waals surface area contributed by atoms with Gasteiger partial charge in [0.1, 0.15) is 17.8 Å². The fourth-order valence-electron chi connectivity index (χ4n) is 4.44. The Morgan fingerprint density at radius 1 is 1.00 bits per heavy atom. The highest BCUT2D eigenvalue weighted by Crippen LogP contribution is 2.29. The molecule has 0 bridgehead atoms. The molecule has 6 rings (SSSR count). The Kier molecular flexibility index (Phi) is 4.48. The predicted octanol–water partition coefficient (Wildman–Crippen LogP) is 3.46. The number of aromatic nitrogens is 7. The number of hydrogen-bond acceptors (Lipinski definition) is 6. The largest absolute Gasteiger partial charge is 0.383 e. The number of fused-ring (bicyclic) bond motifs is 2. The molecule has 0 radical (unpaired) electrons. The molecule has 9 heteroatoms. The molecule has 0 saturated heterocycles. The molecule has 0 aliphatic heterocycles. The second kappa shape index (κ2) is 7.66.